The third kappa shape index (κ3) is 5.36. The molecule has 1 N–H and O–H groups in total. The Morgan fingerprint density at radius 3 is 2.57 bits per heavy atom. The molecule has 3 heterocycles. The Kier molecular flexibility index (Phi) is 6.95. The molecular formula is C24H33N5O. The van der Waals surface area contributed by atoms with Crippen molar-refractivity contribution in [3.63, 3.8) is 0 Å². The summed E-state index contributed by atoms with van der Waals surface area (Å²) in [5.41, 5.74) is 3.18. The second-order valence-corrected chi connectivity index (χ2v) is 8.62. The highest BCUT2D eigenvalue weighted by molar-refractivity contribution is 5.79. The second-order valence-electron chi connectivity index (χ2n) is 8.62. The molecule has 4 rings (SSSR count). The summed E-state index contributed by atoms with van der Waals surface area (Å²) >= 11 is 0. The molecule has 0 aliphatic carbocycles. The van der Waals surface area contributed by atoms with Crippen LogP contribution >= 0.6 is 0 Å². The number of hydrogen-bond acceptors (Lipinski definition) is 5. The van der Waals surface area contributed by atoms with E-state index in [0.717, 1.165) is 62.5 Å². The highest BCUT2D eigenvalue weighted by Gasteiger charge is 2.26. The van der Waals surface area contributed by atoms with E-state index in [1.54, 1.807) is 0 Å². The first-order valence-electron chi connectivity index (χ1n) is 11.3. The Morgan fingerprint density at radius 1 is 1.03 bits per heavy atom. The highest BCUT2D eigenvalue weighted by atomic mass is 16.1. The van der Waals surface area contributed by atoms with E-state index in [2.05, 4.69) is 56.5 Å². The van der Waals surface area contributed by atoms with E-state index >= 15 is 0 Å². The number of benzene rings is 1. The maximum Gasteiger partial charge on any atom is 0.224 e. The summed E-state index contributed by atoms with van der Waals surface area (Å²) in [5.74, 6) is 1.08. The Hall–Kier alpha value is -2.47. The van der Waals surface area contributed by atoms with Gasteiger partial charge in [-0.2, -0.15) is 0 Å². The monoisotopic (exact) mass is 407 g/mol. The normalized spacial score (nSPS) is 19.8. The van der Waals surface area contributed by atoms with Crippen LogP contribution in [0.1, 0.15) is 37.7 Å². The fourth-order valence-electron chi connectivity index (χ4n) is 4.44. The van der Waals surface area contributed by atoms with Crippen molar-refractivity contribution in [3.05, 3.63) is 42.0 Å². The molecule has 0 radical (unpaired) electrons. The van der Waals surface area contributed by atoms with Crippen LogP contribution in [0.3, 0.4) is 0 Å². The maximum atomic E-state index is 12.7. The van der Waals surface area contributed by atoms with E-state index in [0.29, 0.717) is 0 Å². The van der Waals surface area contributed by atoms with Crippen LogP contribution in [0.4, 0.5) is 5.82 Å². The highest BCUT2D eigenvalue weighted by Crippen LogP contribution is 2.23. The summed E-state index contributed by atoms with van der Waals surface area (Å²) in [6.07, 6.45) is 5.63. The Labute approximate surface area is 179 Å². The van der Waals surface area contributed by atoms with Crippen molar-refractivity contribution in [2.45, 2.75) is 39.0 Å². The first-order chi connectivity index (χ1) is 14.7. The average Bonchev–Trinajstić information content (AvgIpc) is 3.31. The number of carbonyl (C=O) groups is 1. The molecule has 0 bridgehead atoms. The van der Waals surface area contributed by atoms with Gasteiger partial charge in [-0.25, -0.2) is 0 Å². The lowest BCUT2D eigenvalue weighted by atomic mass is 9.97. The third-order valence-corrected chi connectivity index (χ3v) is 6.26. The van der Waals surface area contributed by atoms with Gasteiger partial charge in [-0.3, -0.25) is 4.79 Å². The molecule has 6 nitrogen and oxygen atoms in total. The van der Waals surface area contributed by atoms with Crippen LogP contribution in [-0.2, 0) is 4.79 Å². The smallest absolute Gasteiger partial charge is 0.224 e. The summed E-state index contributed by atoms with van der Waals surface area (Å²) in [6, 6.07) is 12.4. The number of carbonyl (C=O) groups excluding carboxylic acids is 1. The number of piperidine rings is 1. The Morgan fingerprint density at radius 2 is 1.83 bits per heavy atom. The van der Waals surface area contributed by atoms with Crippen molar-refractivity contribution in [3.8, 4) is 11.3 Å². The predicted octanol–water partition coefficient (Wildman–Crippen LogP) is 3.27. The molecule has 0 spiro atoms. The maximum absolute atomic E-state index is 12.7. The van der Waals surface area contributed by atoms with Crippen molar-refractivity contribution in [1.82, 2.24) is 20.4 Å². The van der Waals surface area contributed by atoms with Gasteiger partial charge in [0, 0.05) is 25.2 Å². The van der Waals surface area contributed by atoms with E-state index in [-0.39, 0.29) is 11.8 Å². The molecule has 0 saturated carbocycles. The second kappa shape index (κ2) is 10.0. The largest absolute Gasteiger partial charge is 0.356 e. The van der Waals surface area contributed by atoms with Crippen molar-refractivity contribution in [2.75, 3.05) is 44.2 Å². The molecule has 1 aromatic heterocycles. The van der Waals surface area contributed by atoms with E-state index in [9.17, 15) is 4.79 Å². The lowest BCUT2D eigenvalue weighted by molar-refractivity contribution is -0.125. The first-order valence-corrected chi connectivity index (χ1v) is 11.3. The fourth-order valence-corrected chi connectivity index (χ4v) is 4.44. The fraction of sp³-hybridized carbons (Fsp3) is 0.542. The minimum Gasteiger partial charge on any atom is -0.356 e. The van der Waals surface area contributed by atoms with E-state index in [4.69, 9.17) is 0 Å². The first kappa shape index (κ1) is 20.8. The van der Waals surface area contributed by atoms with Gasteiger partial charge in [0.2, 0.25) is 5.91 Å². The molecule has 2 aromatic rings. The van der Waals surface area contributed by atoms with Crippen LogP contribution in [0.2, 0.25) is 0 Å². The molecule has 2 aliphatic heterocycles. The molecule has 2 aliphatic rings. The molecule has 160 valence electrons. The van der Waals surface area contributed by atoms with Gasteiger partial charge in [0.25, 0.3) is 0 Å². The summed E-state index contributed by atoms with van der Waals surface area (Å²) in [4.78, 5) is 17.3. The van der Waals surface area contributed by atoms with Crippen molar-refractivity contribution in [1.29, 1.82) is 0 Å². The Bertz CT molecular complexity index is 814. The summed E-state index contributed by atoms with van der Waals surface area (Å²) in [5, 5.41) is 12.0. The zero-order chi connectivity index (χ0) is 20.8. The molecule has 1 amide bonds. The number of aromatic nitrogens is 2. The number of amides is 1. The molecule has 2 fully saturated rings. The molecular weight excluding hydrogens is 374 g/mol. The summed E-state index contributed by atoms with van der Waals surface area (Å²) < 4.78 is 0. The summed E-state index contributed by atoms with van der Waals surface area (Å²) in [7, 11) is 0. The number of hydrogen-bond donors (Lipinski definition) is 1. The van der Waals surface area contributed by atoms with Gasteiger partial charge < -0.3 is 15.1 Å². The zero-order valence-electron chi connectivity index (χ0n) is 18.0. The van der Waals surface area contributed by atoms with Gasteiger partial charge in [0.1, 0.15) is 0 Å². The van der Waals surface area contributed by atoms with Crippen LogP contribution in [-0.4, -0.2) is 60.3 Å². The van der Waals surface area contributed by atoms with Gasteiger partial charge in [0.15, 0.2) is 5.82 Å². The lowest BCUT2D eigenvalue weighted by Gasteiger charge is -2.32. The quantitative estimate of drug-likeness (QED) is 0.714. The number of nitrogens with one attached hydrogen (secondary N) is 1. The number of likely N-dealkylation sites (tertiary alicyclic amines) is 1. The van der Waals surface area contributed by atoms with Crippen molar-refractivity contribution >= 4 is 11.7 Å². The van der Waals surface area contributed by atoms with Gasteiger partial charge >= 0.3 is 0 Å². The SMILES string of the molecule is Cc1ccc(-c2ccc(N3CCCC(C(=O)NCCCN4CCCC4)C3)nn2)cc1. The number of rotatable bonds is 7. The average molecular weight is 408 g/mol. The van der Waals surface area contributed by atoms with Gasteiger partial charge in [0.05, 0.1) is 11.6 Å². The molecule has 1 atom stereocenters. The number of anilines is 1. The number of nitrogens with zero attached hydrogens (tertiary/aromatic N) is 4. The van der Waals surface area contributed by atoms with E-state index in [1.165, 1.54) is 31.5 Å². The molecule has 6 heteroatoms. The Balaban J connectivity index is 1.27. The third-order valence-electron chi connectivity index (χ3n) is 6.26. The van der Waals surface area contributed by atoms with Crippen molar-refractivity contribution in [2.24, 2.45) is 5.92 Å². The zero-order valence-corrected chi connectivity index (χ0v) is 18.0. The van der Waals surface area contributed by atoms with E-state index in [1.807, 2.05) is 12.1 Å². The van der Waals surface area contributed by atoms with Crippen LogP contribution in [0.25, 0.3) is 11.3 Å². The minimum atomic E-state index is 0.0316. The predicted molar refractivity (Wildman–Crippen MR) is 120 cm³/mol. The van der Waals surface area contributed by atoms with Crippen LogP contribution in [0, 0.1) is 12.8 Å². The standard InChI is InChI=1S/C24H33N5O/c1-19-7-9-20(10-8-19)22-11-12-23(27-26-22)29-17-4-6-21(18-29)24(30)25-13-5-16-28-14-2-3-15-28/h7-12,21H,2-6,13-18H2,1H3,(H,25,30). The molecule has 2 saturated heterocycles. The minimum absolute atomic E-state index is 0.0316. The van der Waals surface area contributed by atoms with Gasteiger partial charge in [-0.1, -0.05) is 29.8 Å². The van der Waals surface area contributed by atoms with Crippen molar-refractivity contribution < 1.29 is 4.79 Å². The topological polar surface area (TPSA) is 61.4 Å². The van der Waals surface area contributed by atoms with Crippen LogP contribution in [0.5, 0.6) is 0 Å². The lowest BCUT2D eigenvalue weighted by Crippen LogP contribution is -2.44. The van der Waals surface area contributed by atoms with Gasteiger partial charge in [-0.05, 0) is 70.8 Å². The molecule has 1 unspecified atom stereocenters. The van der Waals surface area contributed by atoms with Crippen LogP contribution < -0.4 is 10.2 Å². The molecule has 30 heavy (non-hydrogen) atoms. The van der Waals surface area contributed by atoms with E-state index < -0.39 is 0 Å². The summed E-state index contributed by atoms with van der Waals surface area (Å²) in [6.45, 7) is 8.03. The number of aryl methyl sites for hydroxylation is 1. The van der Waals surface area contributed by atoms with Crippen LogP contribution in [0.15, 0.2) is 36.4 Å². The molecule has 1 aromatic carbocycles. The van der Waals surface area contributed by atoms with Gasteiger partial charge in [-0.15, -0.1) is 10.2 Å².